The van der Waals surface area contributed by atoms with Crippen molar-refractivity contribution in [1.82, 2.24) is 4.72 Å². The van der Waals surface area contributed by atoms with Crippen LogP contribution in [0.4, 0.5) is 74.6 Å². The van der Waals surface area contributed by atoms with Crippen molar-refractivity contribution in [3.63, 3.8) is 0 Å². The average molecular weight is 705 g/mol. The lowest BCUT2D eigenvalue weighted by atomic mass is 9.89. The molecular formula is C21H22F17N2O3S+. The summed E-state index contributed by atoms with van der Waals surface area (Å²) >= 11 is 0. The predicted molar refractivity (Wildman–Crippen MR) is 115 cm³/mol. The van der Waals surface area contributed by atoms with E-state index in [2.05, 4.69) is 9.46 Å². The second-order valence-electron chi connectivity index (χ2n) is 10.2. The van der Waals surface area contributed by atoms with E-state index in [1.807, 2.05) is 0 Å². The van der Waals surface area contributed by atoms with Crippen molar-refractivity contribution in [1.29, 1.82) is 0 Å². The molecule has 0 aliphatic carbocycles. The van der Waals surface area contributed by atoms with Gasteiger partial charge in [-0.2, -0.15) is 74.6 Å². The summed E-state index contributed by atoms with van der Waals surface area (Å²) < 4.78 is 258. The van der Waals surface area contributed by atoms with Crippen LogP contribution in [0.15, 0.2) is 29.2 Å². The summed E-state index contributed by atoms with van der Waals surface area (Å²) in [4.78, 5) is -0.586. The summed E-state index contributed by atoms with van der Waals surface area (Å²) in [6, 6.07) is 2.10. The summed E-state index contributed by atoms with van der Waals surface area (Å²) in [7, 11) is 1.13. The Morgan fingerprint density at radius 1 is 0.636 bits per heavy atom. The first-order valence-electron chi connectivity index (χ1n) is 11.4. The summed E-state index contributed by atoms with van der Waals surface area (Å²) in [6.07, 6.45) is -7.49. The number of nitrogens with one attached hydrogen (secondary N) is 1. The van der Waals surface area contributed by atoms with Gasteiger partial charge in [0.05, 0.1) is 32.6 Å². The van der Waals surface area contributed by atoms with Crippen molar-refractivity contribution in [2.75, 3.05) is 40.8 Å². The fourth-order valence-electron chi connectivity index (χ4n) is 3.02. The maximum Gasteiger partial charge on any atom is 0.460 e. The molecule has 0 atom stereocenters. The largest absolute Gasteiger partial charge is 0.487 e. The van der Waals surface area contributed by atoms with Crippen LogP contribution in [0.5, 0.6) is 5.75 Å². The van der Waals surface area contributed by atoms with Crippen LogP contribution < -0.4 is 9.46 Å². The lowest BCUT2D eigenvalue weighted by Gasteiger charge is -2.42. The number of benzene rings is 1. The van der Waals surface area contributed by atoms with E-state index in [1.54, 1.807) is 21.1 Å². The molecule has 0 saturated carbocycles. The molecule has 0 saturated heterocycles. The number of quaternary nitrogens is 1. The molecule has 258 valence electrons. The van der Waals surface area contributed by atoms with Crippen LogP contribution >= 0.6 is 0 Å². The van der Waals surface area contributed by atoms with Gasteiger partial charge in [0.25, 0.3) is 0 Å². The van der Waals surface area contributed by atoms with Gasteiger partial charge in [-0.15, -0.1) is 0 Å². The molecule has 0 aliphatic heterocycles. The van der Waals surface area contributed by atoms with Gasteiger partial charge in [-0.25, -0.2) is 13.1 Å². The fraction of sp³-hybridized carbons (Fsp3) is 0.714. The molecule has 0 heterocycles. The Morgan fingerprint density at radius 3 is 1.41 bits per heavy atom. The van der Waals surface area contributed by atoms with E-state index >= 15 is 0 Å². The number of hydrogen-bond acceptors (Lipinski definition) is 3. The zero-order valence-corrected chi connectivity index (χ0v) is 23.0. The van der Waals surface area contributed by atoms with E-state index < -0.39 is 74.9 Å². The first kappa shape index (κ1) is 39.7. The molecule has 0 spiro atoms. The van der Waals surface area contributed by atoms with Gasteiger partial charge in [0.1, 0.15) is 5.75 Å². The van der Waals surface area contributed by atoms with E-state index in [-0.39, 0.29) is 6.54 Å². The molecule has 1 aromatic rings. The molecule has 44 heavy (non-hydrogen) atoms. The van der Waals surface area contributed by atoms with E-state index in [0.717, 1.165) is 0 Å². The van der Waals surface area contributed by atoms with Gasteiger partial charge in [0.2, 0.25) is 10.0 Å². The fourth-order valence-corrected chi connectivity index (χ4v) is 4.09. The van der Waals surface area contributed by atoms with Gasteiger partial charge < -0.3 is 9.22 Å². The van der Waals surface area contributed by atoms with Crippen LogP contribution in [-0.4, -0.2) is 101 Å². The highest BCUT2D eigenvalue weighted by Gasteiger charge is 2.95. The molecular weight excluding hydrogens is 683 g/mol. The van der Waals surface area contributed by atoms with Gasteiger partial charge in [-0.1, -0.05) is 0 Å². The van der Waals surface area contributed by atoms with E-state index in [1.165, 1.54) is 0 Å². The van der Waals surface area contributed by atoms with Crippen molar-refractivity contribution in [2.24, 2.45) is 0 Å². The van der Waals surface area contributed by atoms with Crippen molar-refractivity contribution in [3.8, 4) is 5.75 Å². The Bertz CT molecular complexity index is 1240. The SMILES string of the molecule is C[N+](C)(C)CCCNS(=O)(=O)c1ccc(OCC(F)(F)C(F)(F)C(F)(F)C(F)(F)C(F)(F)C(F)(F)C(F)(F)C(F)(F)F)cc1. The number of halogens is 17. The summed E-state index contributed by atoms with van der Waals surface area (Å²) in [5, 5.41) is 0. The van der Waals surface area contributed by atoms with Crippen LogP contribution in [0.1, 0.15) is 6.42 Å². The molecule has 1 N–H and O–H groups in total. The lowest BCUT2D eigenvalue weighted by molar-refractivity contribution is -0.870. The highest BCUT2D eigenvalue weighted by atomic mass is 32.2. The van der Waals surface area contributed by atoms with Crippen molar-refractivity contribution in [3.05, 3.63) is 24.3 Å². The lowest BCUT2D eigenvalue weighted by Crippen LogP contribution is -2.74. The zero-order chi connectivity index (χ0) is 35.2. The number of ether oxygens (including phenoxy) is 1. The number of sulfonamides is 1. The van der Waals surface area contributed by atoms with E-state index in [0.29, 0.717) is 41.7 Å². The second-order valence-corrected chi connectivity index (χ2v) is 11.9. The minimum Gasteiger partial charge on any atom is -0.487 e. The topological polar surface area (TPSA) is 55.4 Å². The molecule has 0 bridgehead atoms. The van der Waals surface area contributed by atoms with Crippen molar-refractivity contribution < 1.29 is 92.3 Å². The molecule has 0 amide bonds. The average Bonchev–Trinajstić information content (AvgIpc) is 2.83. The predicted octanol–water partition coefficient (Wildman–Crippen LogP) is 6.45. The standard InChI is InChI=1S/C21H22F17N2O3S/c1-40(2,3)10-4-9-39-44(41,42)13-7-5-12(6-8-13)43-11-14(22,23)15(24,25)16(26,27)17(28,29)18(30,31)19(32,33)20(34,35)21(36,37)38/h5-8,39H,4,9-11H2,1-3H3/q+1. The molecule has 0 aliphatic rings. The molecule has 1 aromatic carbocycles. The molecule has 0 unspecified atom stereocenters. The van der Waals surface area contributed by atoms with Crippen LogP contribution in [-0.2, 0) is 10.0 Å². The monoisotopic (exact) mass is 705 g/mol. The quantitative estimate of drug-likeness (QED) is 0.130. The Balaban J connectivity index is 3.22. The summed E-state index contributed by atoms with van der Waals surface area (Å²) in [5.74, 6) is -58.3. The maximum atomic E-state index is 14.0. The highest BCUT2D eigenvalue weighted by Crippen LogP contribution is 2.63. The third kappa shape index (κ3) is 7.07. The Hall–Kier alpha value is -2.30. The van der Waals surface area contributed by atoms with Gasteiger partial charge in [-0.3, -0.25) is 0 Å². The van der Waals surface area contributed by atoms with Gasteiger partial charge in [0, 0.05) is 13.0 Å². The normalized spacial score (nSPS) is 15.5. The van der Waals surface area contributed by atoms with Crippen molar-refractivity contribution in [2.45, 2.75) is 59.0 Å². The smallest absolute Gasteiger partial charge is 0.460 e. The zero-order valence-electron chi connectivity index (χ0n) is 22.1. The Morgan fingerprint density at radius 2 is 1.02 bits per heavy atom. The number of alkyl halides is 17. The number of hydrogen-bond donors (Lipinski definition) is 1. The number of rotatable bonds is 15. The van der Waals surface area contributed by atoms with Crippen LogP contribution in [0.25, 0.3) is 0 Å². The van der Waals surface area contributed by atoms with E-state index in [4.69, 9.17) is 0 Å². The second kappa shape index (κ2) is 11.8. The molecule has 0 fully saturated rings. The number of nitrogens with zero attached hydrogens (tertiary/aromatic N) is 1. The van der Waals surface area contributed by atoms with Gasteiger partial charge in [-0.05, 0) is 24.3 Å². The van der Waals surface area contributed by atoms with Gasteiger partial charge >= 0.3 is 47.6 Å². The first-order chi connectivity index (χ1) is 19.1. The van der Waals surface area contributed by atoms with Crippen LogP contribution in [0.3, 0.4) is 0 Å². The maximum absolute atomic E-state index is 14.0. The summed E-state index contributed by atoms with van der Waals surface area (Å²) in [5.41, 5.74) is 0. The van der Waals surface area contributed by atoms with Crippen LogP contribution in [0, 0.1) is 0 Å². The van der Waals surface area contributed by atoms with Gasteiger partial charge in [0.15, 0.2) is 6.61 Å². The third-order valence-electron chi connectivity index (χ3n) is 5.64. The minimum atomic E-state index is -8.72. The van der Waals surface area contributed by atoms with Crippen molar-refractivity contribution >= 4 is 10.0 Å². The summed E-state index contributed by atoms with van der Waals surface area (Å²) in [6.45, 7) is -2.71. The Labute approximate surface area is 237 Å². The minimum absolute atomic E-state index is 0.0882. The molecule has 0 radical (unpaired) electrons. The third-order valence-corrected chi connectivity index (χ3v) is 7.12. The van der Waals surface area contributed by atoms with E-state index in [9.17, 15) is 83.1 Å². The molecule has 23 heteroatoms. The highest BCUT2D eigenvalue weighted by molar-refractivity contribution is 7.89. The Kier molecular flexibility index (Phi) is 10.7. The first-order valence-corrected chi connectivity index (χ1v) is 12.9. The molecule has 0 aromatic heterocycles. The molecule has 1 rings (SSSR count). The van der Waals surface area contributed by atoms with Crippen LogP contribution in [0.2, 0.25) is 0 Å². The molecule has 5 nitrogen and oxygen atoms in total.